The summed E-state index contributed by atoms with van der Waals surface area (Å²) in [5, 5.41) is 0.347. The molecule has 3 rings (SSSR count). The van der Waals surface area contributed by atoms with Crippen molar-refractivity contribution in [2.45, 2.75) is 17.6 Å². The third-order valence-electron chi connectivity index (χ3n) is 4.78. The van der Waals surface area contributed by atoms with Crippen LogP contribution < -0.4 is 0 Å². The molecule has 29 heavy (non-hydrogen) atoms. The van der Waals surface area contributed by atoms with Crippen LogP contribution >= 0.6 is 23.4 Å². The molecular weight excluding hydrogens is 435 g/mol. The summed E-state index contributed by atoms with van der Waals surface area (Å²) >= 11 is 7.29. The van der Waals surface area contributed by atoms with Crippen LogP contribution in [-0.4, -0.2) is 55.5 Å². The van der Waals surface area contributed by atoms with Crippen LogP contribution in [0, 0.1) is 12.7 Å². The van der Waals surface area contributed by atoms with Crippen molar-refractivity contribution < 1.29 is 17.6 Å². The summed E-state index contributed by atoms with van der Waals surface area (Å²) in [4.78, 5) is 14.3. The molecule has 0 atom stereocenters. The van der Waals surface area contributed by atoms with E-state index in [1.807, 2.05) is 6.92 Å². The van der Waals surface area contributed by atoms with Gasteiger partial charge in [-0.2, -0.15) is 4.31 Å². The summed E-state index contributed by atoms with van der Waals surface area (Å²) in [6.45, 7) is 3.09. The van der Waals surface area contributed by atoms with Gasteiger partial charge < -0.3 is 4.90 Å². The smallest absolute Gasteiger partial charge is 0.243 e. The van der Waals surface area contributed by atoms with Gasteiger partial charge in [-0.3, -0.25) is 4.79 Å². The van der Waals surface area contributed by atoms with E-state index in [4.69, 9.17) is 11.6 Å². The van der Waals surface area contributed by atoms with E-state index in [2.05, 4.69) is 0 Å². The van der Waals surface area contributed by atoms with Crippen LogP contribution in [0.3, 0.4) is 0 Å². The zero-order valence-electron chi connectivity index (χ0n) is 16.0. The van der Waals surface area contributed by atoms with Gasteiger partial charge in [0.25, 0.3) is 0 Å². The highest BCUT2D eigenvalue weighted by atomic mass is 35.5. The van der Waals surface area contributed by atoms with Gasteiger partial charge in [0.1, 0.15) is 5.82 Å². The van der Waals surface area contributed by atoms with E-state index in [0.29, 0.717) is 29.4 Å². The lowest BCUT2D eigenvalue weighted by Crippen LogP contribution is -2.50. The predicted molar refractivity (Wildman–Crippen MR) is 114 cm³/mol. The first-order chi connectivity index (χ1) is 13.8. The average Bonchev–Trinajstić information content (AvgIpc) is 2.70. The van der Waals surface area contributed by atoms with E-state index in [-0.39, 0.29) is 35.5 Å². The van der Waals surface area contributed by atoms with Crippen molar-refractivity contribution in [1.29, 1.82) is 0 Å². The molecule has 1 amide bonds. The molecule has 5 nitrogen and oxygen atoms in total. The second-order valence-electron chi connectivity index (χ2n) is 6.79. The molecule has 0 unspecified atom stereocenters. The minimum atomic E-state index is -3.56. The average molecular weight is 457 g/mol. The zero-order chi connectivity index (χ0) is 21.0. The van der Waals surface area contributed by atoms with Gasteiger partial charge in [0.05, 0.1) is 10.6 Å². The number of rotatable bonds is 6. The third-order valence-corrected chi connectivity index (χ3v) is 7.99. The fourth-order valence-corrected chi connectivity index (χ4v) is 5.73. The first-order valence-electron chi connectivity index (χ1n) is 9.14. The lowest BCUT2D eigenvalue weighted by molar-refractivity contribution is -0.129. The summed E-state index contributed by atoms with van der Waals surface area (Å²) in [6, 6.07) is 11.3. The Hall–Kier alpha value is -1.61. The van der Waals surface area contributed by atoms with Crippen molar-refractivity contribution in [1.82, 2.24) is 9.21 Å². The van der Waals surface area contributed by atoms with Crippen molar-refractivity contribution in [3.05, 3.63) is 64.4 Å². The number of aryl methyl sites for hydroxylation is 1. The van der Waals surface area contributed by atoms with Crippen molar-refractivity contribution in [3.8, 4) is 0 Å². The summed E-state index contributed by atoms with van der Waals surface area (Å²) in [5.41, 5.74) is 1.38. The van der Waals surface area contributed by atoms with Crippen LogP contribution in [-0.2, 0) is 20.6 Å². The standard InChI is InChI=1S/C20H22ClFN2O3S2/c1-15-5-7-16(8-6-15)29(26,27)24-11-9-23(10-12-24)20(25)14-28-13-17-18(21)3-2-4-19(17)22/h2-8H,9-14H2,1H3. The maximum atomic E-state index is 13.8. The van der Waals surface area contributed by atoms with Crippen LogP contribution in [0.15, 0.2) is 47.4 Å². The highest BCUT2D eigenvalue weighted by molar-refractivity contribution is 7.99. The maximum Gasteiger partial charge on any atom is 0.243 e. The number of hydrogen-bond donors (Lipinski definition) is 0. The molecule has 2 aromatic rings. The Kier molecular flexibility index (Phi) is 7.21. The fraction of sp³-hybridized carbons (Fsp3) is 0.350. The second kappa shape index (κ2) is 9.47. The number of carbonyl (C=O) groups is 1. The van der Waals surface area contributed by atoms with Crippen LogP contribution in [0.5, 0.6) is 0 Å². The van der Waals surface area contributed by atoms with Crippen LogP contribution in [0.1, 0.15) is 11.1 Å². The van der Waals surface area contributed by atoms with Crippen molar-refractivity contribution >= 4 is 39.3 Å². The summed E-state index contributed by atoms with van der Waals surface area (Å²) in [7, 11) is -3.56. The normalized spacial score (nSPS) is 15.5. The molecule has 156 valence electrons. The Bertz CT molecular complexity index is 955. The van der Waals surface area contributed by atoms with Crippen LogP contribution in [0.2, 0.25) is 5.02 Å². The lowest BCUT2D eigenvalue weighted by Gasteiger charge is -2.34. The number of nitrogens with zero attached hydrogens (tertiary/aromatic N) is 2. The molecule has 1 saturated heterocycles. The minimum absolute atomic E-state index is 0.0881. The largest absolute Gasteiger partial charge is 0.339 e. The Morgan fingerprint density at radius 2 is 1.76 bits per heavy atom. The molecule has 0 N–H and O–H groups in total. The van der Waals surface area contributed by atoms with Crippen molar-refractivity contribution in [2.75, 3.05) is 31.9 Å². The molecule has 1 aliphatic rings. The first-order valence-corrected chi connectivity index (χ1v) is 12.1. The SMILES string of the molecule is Cc1ccc(S(=O)(=O)N2CCN(C(=O)CSCc3c(F)cccc3Cl)CC2)cc1. The lowest BCUT2D eigenvalue weighted by atomic mass is 10.2. The number of thioether (sulfide) groups is 1. The van der Waals surface area contributed by atoms with E-state index in [9.17, 15) is 17.6 Å². The van der Waals surface area contributed by atoms with E-state index in [0.717, 1.165) is 5.56 Å². The minimum Gasteiger partial charge on any atom is -0.339 e. The van der Waals surface area contributed by atoms with Gasteiger partial charge in [-0.25, -0.2) is 12.8 Å². The molecule has 1 fully saturated rings. The number of benzene rings is 2. The fourth-order valence-electron chi connectivity index (χ4n) is 3.04. The monoisotopic (exact) mass is 456 g/mol. The molecule has 1 aliphatic heterocycles. The number of amides is 1. The van der Waals surface area contributed by atoms with Gasteiger partial charge in [0.15, 0.2) is 0 Å². The van der Waals surface area contributed by atoms with Crippen molar-refractivity contribution in [2.24, 2.45) is 0 Å². The van der Waals surface area contributed by atoms with Gasteiger partial charge in [0.2, 0.25) is 15.9 Å². The van der Waals surface area contributed by atoms with Gasteiger partial charge >= 0.3 is 0 Å². The quantitative estimate of drug-likeness (QED) is 0.667. The molecule has 0 aromatic heterocycles. The van der Waals surface area contributed by atoms with Crippen LogP contribution in [0.4, 0.5) is 4.39 Å². The summed E-state index contributed by atoms with van der Waals surface area (Å²) in [6.07, 6.45) is 0. The van der Waals surface area contributed by atoms with Gasteiger partial charge in [0, 0.05) is 42.5 Å². The first kappa shape index (κ1) is 22.1. The zero-order valence-corrected chi connectivity index (χ0v) is 18.4. The molecule has 0 aliphatic carbocycles. The summed E-state index contributed by atoms with van der Waals surface area (Å²) < 4.78 is 40.7. The molecule has 2 aromatic carbocycles. The van der Waals surface area contributed by atoms with Gasteiger partial charge in [-0.1, -0.05) is 35.4 Å². The summed E-state index contributed by atoms with van der Waals surface area (Å²) in [5.74, 6) is 0.0243. The van der Waals surface area contributed by atoms with Crippen LogP contribution in [0.25, 0.3) is 0 Å². The Morgan fingerprint density at radius 1 is 1.10 bits per heavy atom. The number of halogens is 2. The predicted octanol–water partition coefficient (Wildman–Crippen LogP) is 3.55. The number of hydrogen-bond acceptors (Lipinski definition) is 4. The van der Waals surface area contributed by atoms with E-state index in [1.54, 1.807) is 41.3 Å². The third kappa shape index (κ3) is 5.31. The highest BCUT2D eigenvalue weighted by Crippen LogP contribution is 2.24. The maximum absolute atomic E-state index is 13.8. The molecule has 0 spiro atoms. The van der Waals surface area contributed by atoms with Crippen molar-refractivity contribution in [3.63, 3.8) is 0 Å². The van der Waals surface area contributed by atoms with E-state index >= 15 is 0 Å². The number of sulfonamides is 1. The Morgan fingerprint density at radius 3 is 2.38 bits per heavy atom. The molecule has 0 bridgehead atoms. The molecule has 0 saturated carbocycles. The van der Waals surface area contributed by atoms with E-state index < -0.39 is 10.0 Å². The van der Waals surface area contributed by atoms with Gasteiger partial charge in [-0.15, -0.1) is 11.8 Å². The Labute approximate surface area is 179 Å². The number of carbonyl (C=O) groups excluding carboxylic acids is 1. The highest BCUT2D eigenvalue weighted by Gasteiger charge is 2.30. The number of piperazine rings is 1. The second-order valence-corrected chi connectivity index (χ2v) is 10.1. The molecule has 0 radical (unpaired) electrons. The molecule has 9 heteroatoms. The molecule has 1 heterocycles. The molecular formula is C20H22ClFN2O3S2. The topological polar surface area (TPSA) is 57.7 Å². The Balaban J connectivity index is 1.51. The van der Waals surface area contributed by atoms with E-state index in [1.165, 1.54) is 22.1 Å². The van der Waals surface area contributed by atoms with Gasteiger partial charge in [-0.05, 0) is 31.2 Å².